The zero-order valence-corrected chi connectivity index (χ0v) is 15.7. The lowest BCUT2D eigenvalue weighted by molar-refractivity contribution is 0.182. The fourth-order valence-corrected chi connectivity index (χ4v) is 2.93. The molecule has 2 nitrogen and oxygen atoms in total. The highest BCUT2D eigenvalue weighted by Crippen LogP contribution is 2.30. The third-order valence-corrected chi connectivity index (χ3v) is 4.35. The van der Waals surface area contributed by atoms with E-state index in [4.69, 9.17) is 9.47 Å². The van der Waals surface area contributed by atoms with Crippen molar-refractivity contribution in [1.82, 2.24) is 0 Å². The Morgan fingerprint density at radius 1 is 0.815 bits per heavy atom. The topological polar surface area (TPSA) is 18.5 Å². The van der Waals surface area contributed by atoms with Gasteiger partial charge in [-0.3, -0.25) is 0 Å². The number of hydrogen-bond acceptors (Lipinski definition) is 2. The number of benzene rings is 3. The van der Waals surface area contributed by atoms with Crippen LogP contribution in [0, 0.1) is 6.92 Å². The molecule has 3 aromatic rings. The third kappa shape index (κ3) is 5.11. The first-order valence-corrected chi connectivity index (χ1v) is 9.01. The highest BCUT2D eigenvalue weighted by molar-refractivity contribution is 5.50. The van der Waals surface area contributed by atoms with Gasteiger partial charge in [0, 0.05) is 5.56 Å². The summed E-state index contributed by atoms with van der Waals surface area (Å²) in [6, 6.07) is 26.5. The van der Waals surface area contributed by atoms with Crippen LogP contribution in [0.25, 0.3) is 6.08 Å². The first-order chi connectivity index (χ1) is 13.3. The minimum absolute atomic E-state index is 0.168. The summed E-state index contributed by atoms with van der Waals surface area (Å²) in [4.78, 5) is 0. The Morgan fingerprint density at radius 3 is 2.19 bits per heavy atom. The van der Waals surface area contributed by atoms with Gasteiger partial charge in [0.25, 0.3) is 0 Å². The number of ether oxygens (including phenoxy) is 2. The van der Waals surface area contributed by atoms with E-state index in [2.05, 4.69) is 43.3 Å². The standard InChI is InChI=1S/C25H24O2/c1-20-19-23(26-2)16-17-24(20)25(22-14-7-4-8-15-22)27-18-10-9-13-21-11-5-3-6-12-21/h3-19,25H,1-2H3. The average molecular weight is 356 g/mol. The molecule has 0 saturated heterocycles. The molecule has 0 spiro atoms. The Kier molecular flexibility index (Phi) is 6.48. The molecule has 0 aliphatic heterocycles. The molecule has 2 heteroatoms. The molecule has 0 aliphatic carbocycles. The minimum Gasteiger partial charge on any atom is -0.497 e. The van der Waals surface area contributed by atoms with Crippen LogP contribution in [0.1, 0.15) is 28.4 Å². The van der Waals surface area contributed by atoms with Crippen LogP contribution in [0.4, 0.5) is 0 Å². The van der Waals surface area contributed by atoms with Gasteiger partial charge in [-0.25, -0.2) is 0 Å². The smallest absolute Gasteiger partial charge is 0.148 e. The summed E-state index contributed by atoms with van der Waals surface area (Å²) in [5, 5.41) is 0. The number of hydrogen-bond donors (Lipinski definition) is 0. The van der Waals surface area contributed by atoms with Crippen LogP contribution in [0.15, 0.2) is 97.3 Å². The molecule has 0 bridgehead atoms. The van der Waals surface area contributed by atoms with E-state index in [0.717, 1.165) is 28.0 Å². The normalized spacial score (nSPS) is 12.4. The lowest BCUT2D eigenvalue weighted by atomic mass is 9.97. The molecule has 1 atom stereocenters. The molecule has 3 aromatic carbocycles. The molecule has 0 saturated carbocycles. The van der Waals surface area contributed by atoms with Gasteiger partial charge >= 0.3 is 0 Å². The number of aryl methyl sites for hydroxylation is 1. The van der Waals surface area contributed by atoms with E-state index in [1.165, 1.54) is 0 Å². The Morgan fingerprint density at radius 2 is 1.52 bits per heavy atom. The summed E-state index contributed by atoms with van der Waals surface area (Å²) in [5.74, 6) is 0.851. The van der Waals surface area contributed by atoms with Crippen LogP contribution in [-0.2, 0) is 4.74 Å². The third-order valence-electron chi connectivity index (χ3n) is 4.35. The van der Waals surface area contributed by atoms with E-state index in [1.54, 1.807) is 13.4 Å². The lowest BCUT2D eigenvalue weighted by Gasteiger charge is -2.20. The van der Waals surface area contributed by atoms with Crippen molar-refractivity contribution in [3.8, 4) is 5.75 Å². The van der Waals surface area contributed by atoms with Crippen molar-refractivity contribution in [1.29, 1.82) is 0 Å². The van der Waals surface area contributed by atoms with Crippen molar-refractivity contribution in [3.63, 3.8) is 0 Å². The Bertz CT molecular complexity index is 896. The van der Waals surface area contributed by atoms with Crippen molar-refractivity contribution >= 4 is 6.08 Å². The largest absolute Gasteiger partial charge is 0.497 e. The van der Waals surface area contributed by atoms with E-state index in [9.17, 15) is 0 Å². The van der Waals surface area contributed by atoms with Crippen molar-refractivity contribution in [2.24, 2.45) is 0 Å². The molecule has 0 heterocycles. The molecule has 27 heavy (non-hydrogen) atoms. The van der Waals surface area contributed by atoms with Crippen LogP contribution in [0.5, 0.6) is 5.75 Å². The first kappa shape index (κ1) is 18.5. The summed E-state index contributed by atoms with van der Waals surface area (Å²) in [7, 11) is 1.68. The fraction of sp³-hybridized carbons (Fsp3) is 0.120. The average Bonchev–Trinajstić information content (AvgIpc) is 2.72. The molecule has 0 fully saturated rings. The zero-order chi connectivity index (χ0) is 18.9. The Hall–Kier alpha value is -3.26. The van der Waals surface area contributed by atoms with Crippen LogP contribution >= 0.6 is 0 Å². The van der Waals surface area contributed by atoms with Gasteiger partial charge in [-0.15, -0.1) is 0 Å². The van der Waals surface area contributed by atoms with E-state index in [1.807, 2.05) is 60.7 Å². The predicted octanol–water partition coefficient (Wildman–Crippen LogP) is 6.34. The zero-order valence-electron chi connectivity index (χ0n) is 15.7. The van der Waals surface area contributed by atoms with Gasteiger partial charge in [-0.05, 0) is 41.8 Å². The van der Waals surface area contributed by atoms with Gasteiger partial charge < -0.3 is 9.47 Å². The van der Waals surface area contributed by atoms with Crippen molar-refractivity contribution in [2.75, 3.05) is 7.11 Å². The van der Waals surface area contributed by atoms with E-state index in [0.29, 0.717) is 0 Å². The summed E-state index contributed by atoms with van der Waals surface area (Å²) in [5.41, 5.74) is 4.53. The predicted molar refractivity (Wildman–Crippen MR) is 112 cm³/mol. The lowest BCUT2D eigenvalue weighted by Crippen LogP contribution is -2.05. The highest BCUT2D eigenvalue weighted by atomic mass is 16.5. The maximum absolute atomic E-state index is 6.13. The molecule has 1 unspecified atom stereocenters. The van der Waals surface area contributed by atoms with E-state index in [-0.39, 0.29) is 6.10 Å². The second-order valence-electron chi connectivity index (χ2n) is 6.25. The molecule has 0 radical (unpaired) electrons. The van der Waals surface area contributed by atoms with Gasteiger partial charge in [0.05, 0.1) is 13.4 Å². The van der Waals surface area contributed by atoms with E-state index < -0.39 is 0 Å². The molecule has 3 rings (SSSR count). The fourth-order valence-electron chi connectivity index (χ4n) is 2.93. The van der Waals surface area contributed by atoms with Gasteiger partial charge in [-0.1, -0.05) is 78.9 Å². The summed E-state index contributed by atoms with van der Waals surface area (Å²) in [6.07, 6.45) is 7.54. The van der Waals surface area contributed by atoms with Crippen molar-refractivity contribution in [3.05, 3.63) is 120 Å². The molecule has 0 aliphatic rings. The Balaban J connectivity index is 1.79. The number of rotatable bonds is 7. The second-order valence-corrected chi connectivity index (χ2v) is 6.25. The quantitative estimate of drug-likeness (QED) is 0.363. The monoisotopic (exact) mass is 356 g/mol. The number of methoxy groups -OCH3 is 1. The maximum Gasteiger partial charge on any atom is 0.148 e. The minimum atomic E-state index is -0.168. The first-order valence-electron chi connectivity index (χ1n) is 9.01. The summed E-state index contributed by atoms with van der Waals surface area (Å²) < 4.78 is 11.5. The van der Waals surface area contributed by atoms with Gasteiger partial charge in [0.15, 0.2) is 0 Å². The highest BCUT2D eigenvalue weighted by Gasteiger charge is 2.16. The van der Waals surface area contributed by atoms with Crippen molar-refractivity contribution in [2.45, 2.75) is 13.0 Å². The molecule has 136 valence electrons. The molecular weight excluding hydrogens is 332 g/mol. The summed E-state index contributed by atoms with van der Waals surface area (Å²) in [6.45, 7) is 2.08. The second kappa shape index (κ2) is 9.44. The SMILES string of the molecule is COc1ccc(C(OC=CC=Cc2ccccc2)c2ccccc2)c(C)c1. The van der Waals surface area contributed by atoms with Gasteiger partial charge in [0.1, 0.15) is 11.9 Å². The summed E-state index contributed by atoms with van der Waals surface area (Å²) >= 11 is 0. The molecule has 0 N–H and O–H groups in total. The van der Waals surface area contributed by atoms with Crippen LogP contribution < -0.4 is 4.74 Å². The van der Waals surface area contributed by atoms with Crippen LogP contribution in [0.3, 0.4) is 0 Å². The van der Waals surface area contributed by atoms with Gasteiger partial charge in [-0.2, -0.15) is 0 Å². The van der Waals surface area contributed by atoms with Crippen LogP contribution in [-0.4, -0.2) is 7.11 Å². The van der Waals surface area contributed by atoms with Crippen LogP contribution in [0.2, 0.25) is 0 Å². The van der Waals surface area contributed by atoms with Gasteiger partial charge in [0.2, 0.25) is 0 Å². The Labute approximate surface area is 161 Å². The van der Waals surface area contributed by atoms with Crippen molar-refractivity contribution < 1.29 is 9.47 Å². The maximum atomic E-state index is 6.13. The molecule has 0 amide bonds. The van der Waals surface area contributed by atoms with E-state index >= 15 is 0 Å². The number of allylic oxidation sites excluding steroid dienone is 2. The molecule has 0 aromatic heterocycles. The molecular formula is C25H24O2.